The molecule has 3 saturated heterocycles. The fourth-order valence-corrected chi connectivity index (χ4v) is 8.61. The third kappa shape index (κ3) is 5.15. The van der Waals surface area contributed by atoms with E-state index < -0.39 is 0 Å². The molecule has 3 atom stereocenters. The molecule has 230 valence electrons. The van der Waals surface area contributed by atoms with Crippen LogP contribution in [0.5, 0.6) is 0 Å². The Morgan fingerprint density at radius 2 is 1.51 bits per heavy atom. The molecule has 3 aliphatic rings. The average Bonchev–Trinajstić information content (AvgIpc) is 3.78. The van der Waals surface area contributed by atoms with E-state index in [9.17, 15) is 4.79 Å². The van der Waals surface area contributed by atoms with Crippen molar-refractivity contribution < 1.29 is 4.79 Å². The molecule has 0 aliphatic carbocycles. The number of rotatable bonds is 7. The molecule has 8 rings (SSSR count). The third-order valence-corrected chi connectivity index (χ3v) is 10.9. The zero-order valence-corrected chi connectivity index (χ0v) is 26.0. The topological polar surface area (TPSA) is 72.1 Å². The zero-order chi connectivity index (χ0) is 30.4. The Morgan fingerprint density at radius 1 is 0.844 bits per heavy atom. The van der Waals surface area contributed by atoms with Crippen LogP contribution >= 0.6 is 0 Å². The summed E-state index contributed by atoms with van der Waals surface area (Å²) >= 11 is 0. The van der Waals surface area contributed by atoms with E-state index >= 15 is 0 Å². The number of aromatic nitrogens is 5. The zero-order valence-electron chi connectivity index (χ0n) is 26.0. The summed E-state index contributed by atoms with van der Waals surface area (Å²) in [5.41, 5.74) is 4.75. The SMILES string of the molecule is Cc1nc2ccccc2n1[C@H]1C[C@H]2CC[C@@H](C1)N2CCC1(c2ccccc2)CCN(C(=O)c2ncn(-c3ccccc3)n2)CC1. The van der Waals surface area contributed by atoms with Crippen molar-refractivity contribution in [3.63, 3.8) is 0 Å². The maximum atomic E-state index is 13.5. The quantitative estimate of drug-likeness (QED) is 0.218. The van der Waals surface area contributed by atoms with Gasteiger partial charge in [-0.1, -0.05) is 60.7 Å². The van der Waals surface area contributed by atoms with Gasteiger partial charge in [0.1, 0.15) is 12.2 Å². The molecule has 0 spiro atoms. The fourth-order valence-electron chi connectivity index (χ4n) is 8.61. The Balaban J connectivity index is 0.962. The number of likely N-dealkylation sites (tertiary alicyclic amines) is 1. The predicted molar refractivity (Wildman–Crippen MR) is 175 cm³/mol. The highest BCUT2D eigenvalue weighted by molar-refractivity contribution is 5.90. The van der Waals surface area contributed by atoms with Crippen molar-refractivity contribution in [2.75, 3.05) is 19.6 Å². The Hall–Kier alpha value is -4.30. The Labute approximate surface area is 264 Å². The van der Waals surface area contributed by atoms with E-state index in [0.717, 1.165) is 55.9 Å². The second-order valence-electron chi connectivity index (χ2n) is 13.3. The predicted octanol–water partition coefficient (Wildman–Crippen LogP) is 6.36. The Morgan fingerprint density at radius 3 is 2.24 bits per heavy atom. The maximum Gasteiger partial charge on any atom is 0.293 e. The summed E-state index contributed by atoms with van der Waals surface area (Å²) in [7, 11) is 0. The molecule has 0 radical (unpaired) electrons. The molecule has 3 aliphatic heterocycles. The van der Waals surface area contributed by atoms with Crippen molar-refractivity contribution in [1.29, 1.82) is 0 Å². The van der Waals surface area contributed by atoms with Gasteiger partial charge in [-0.25, -0.2) is 14.6 Å². The molecular weight excluding hydrogens is 558 g/mol. The summed E-state index contributed by atoms with van der Waals surface area (Å²) in [6.07, 6.45) is 9.62. The molecule has 45 heavy (non-hydrogen) atoms. The average molecular weight is 600 g/mol. The standard InChI is InChI=1S/C37H41N7O/c1-27-39-33-14-8-9-15-34(33)44(27)32-24-30-16-17-31(25-32)42(30)23-20-37(28-10-4-2-5-11-28)18-21-41(22-19-37)36(45)35-38-26-43(40-35)29-12-6-3-7-13-29/h2-15,26,30-32H,16-25H2,1H3/t30-,31+,32+. The number of hydrogen-bond acceptors (Lipinski definition) is 5. The van der Waals surface area contributed by atoms with Crippen LogP contribution < -0.4 is 0 Å². The number of amides is 1. The minimum atomic E-state index is -0.0752. The van der Waals surface area contributed by atoms with E-state index in [1.807, 2.05) is 35.2 Å². The number of hydrogen-bond donors (Lipinski definition) is 0. The molecule has 0 saturated carbocycles. The lowest BCUT2D eigenvalue weighted by Crippen LogP contribution is -2.49. The van der Waals surface area contributed by atoms with E-state index in [4.69, 9.17) is 4.98 Å². The summed E-state index contributed by atoms with van der Waals surface area (Å²) < 4.78 is 4.20. The van der Waals surface area contributed by atoms with Gasteiger partial charge in [0.25, 0.3) is 5.91 Å². The Bertz CT molecular complexity index is 1770. The van der Waals surface area contributed by atoms with Crippen molar-refractivity contribution in [3.8, 4) is 5.69 Å². The second kappa shape index (κ2) is 11.6. The molecule has 2 bridgehead atoms. The first kappa shape index (κ1) is 28.2. The molecule has 3 aromatic carbocycles. The summed E-state index contributed by atoms with van der Waals surface area (Å²) in [5, 5.41) is 4.52. The first-order valence-electron chi connectivity index (χ1n) is 16.6. The van der Waals surface area contributed by atoms with Crippen LogP contribution in [0.3, 0.4) is 0 Å². The largest absolute Gasteiger partial charge is 0.336 e. The molecule has 3 fully saturated rings. The minimum Gasteiger partial charge on any atom is -0.336 e. The van der Waals surface area contributed by atoms with E-state index in [1.54, 1.807) is 11.0 Å². The van der Waals surface area contributed by atoms with Crippen molar-refractivity contribution in [2.24, 2.45) is 0 Å². The van der Waals surface area contributed by atoms with Gasteiger partial charge >= 0.3 is 0 Å². The monoisotopic (exact) mass is 599 g/mol. The van der Waals surface area contributed by atoms with Gasteiger partial charge in [-0.15, -0.1) is 5.10 Å². The van der Waals surface area contributed by atoms with Gasteiger partial charge in [0, 0.05) is 31.2 Å². The molecule has 8 heteroatoms. The minimum absolute atomic E-state index is 0.0578. The van der Waals surface area contributed by atoms with Crippen LogP contribution in [0.4, 0.5) is 0 Å². The molecular formula is C37H41N7O. The van der Waals surface area contributed by atoms with Crippen molar-refractivity contribution in [1.82, 2.24) is 34.1 Å². The van der Waals surface area contributed by atoms with Crippen LogP contribution in [-0.4, -0.2) is 71.7 Å². The molecule has 0 N–H and O–H groups in total. The van der Waals surface area contributed by atoms with Crippen molar-refractivity contribution in [3.05, 3.63) is 108 Å². The van der Waals surface area contributed by atoms with Crippen LogP contribution in [0.25, 0.3) is 16.7 Å². The van der Waals surface area contributed by atoms with Gasteiger partial charge in [-0.2, -0.15) is 0 Å². The molecule has 5 aromatic rings. The van der Waals surface area contributed by atoms with Crippen LogP contribution in [-0.2, 0) is 5.41 Å². The van der Waals surface area contributed by atoms with Crippen molar-refractivity contribution >= 4 is 16.9 Å². The van der Waals surface area contributed by atoms with E-state index in [-0.39, 0.29) is 17.1 Å². The number of carbonyl (C=O) groups is 1. The number of carbonyl (C=O) groups excluding carboxylic acids is 1. The lowest BCUT2D eigenvalue weighted by Gasteiger charge is -2.45. The number of fused-ring (bicyclic) bond motifs is 3. The number of imidazole rings is 1. The van der Waals surface area contributed by atoms with Gasteiger partial charge in [0.15, 0.2) is 0 Å². The highest BCUT2D eigenvalue weighted by Gasteiger charge is 2.44. The number of para-hydroxylation sites is 3. The molecule has 5 heterocycles. The molecule has 2 aromatic heterocycles. The highest BCUT2D eigenvalue weighted by atomic mass is 16.2. The van der Waals surface area contributed by atoms with Crippen LogP contribution in [0.15, 0.2) is 91.3 Å². The summed E-state index contributed by atoms with van der Waals surface area (Å²) in [4.78, 5) is 27.6. The van der Waals surface area contributed by atoms with Gasteiger partial charge < -0.3 is 9.47 Å². The van der Waals surface area contributed by atoms with Crippen LogP contribution in [0.1, 0.15) is 73.0 Å². The van der Waals surface area contributed by atoms with E-state index in [0.29, 0.717) is 18.1 Å². The van der Waals surface area contributed by atoms with Crippen LogP contribution in [0, 0.1) is 6.92 Å². The summed E-state index contributed by atoms with van der Waals surface area (Å²) in [6, 6.07) is 31.2. The first-order valence-corrected chi connectivity index (χ1v) is 16.6. The second-order valence-corrected chi connectivity index (χ2v) is 13.3. The van der Waals surface area contributed by atoms with Crippen LogP contribution in [0.2, 0.25) is 0 Å². The van der Waals surface area contributed by atoms with Gasteiger partial charge in [0.05, 0.1) is 16.7 Å². The molecule has 1 amide bonds. The number of aryl methyl sites for hydroxylation is 1. The molecule has 8 nitrogen and oxygen atoms in total. The number of benzene rings is 3. The fraction of sp³-hybridized carbons (Fsp3) is 0.405. The van der Waals surface area contributed by atoms with Gasteiger partial charge in [-0.3, -0.25) is 9.69 Å². The van der Waals surface area contributed by atoms with Crippen molar-refractivity contribution in [2.45, 2.75) is 75.4 Å². The van der Waals surface area contributed by atoms with E-state index in [2.05, 4.69) is 81.1 Å². The Kier molecular flexibility index (Phi) is 7.25. The highest BCUT2D eigenvalue weighted by Crippen LogP contribution is 2.45. The van der Waals surface area contributed by atoms with Gasteiger partial charge in [0.2, 0.25) is 5.82 Å². The number of nitrogens with zero attached hydrogens (tertiary/aromatic N) is 7. The smallest absolute Gasteiger partial charge is 0.293 e. The summed E-state index contributed by atoms with van der Waals surface area (Å²) in [6.45, 7) is 4.71. The molecule has 0 unspecified atom stereocenters. The van der Waals surface area contributed by atoms with E-state index in [1.165, 1.54) is 36.8 Å². The number of piperidine rings is 2. The maximum absolute atomic E-state index is 13.5. The lowest BCUT2D eigenvalue weighted by molar-refractivity contribution is 0.0596. The summed E-state index contributed by atoms with van der Waals surface area (Å²) in [5.74, 6) is 1.33. The third-order valence-electron chi connectivity index (χ3n) is 10.9. The first-order chi connectivity index (χ1) is 22.1. The normalized spacial score (nSPS) is 23.0. The van der Waals surface area contributed by atoms with Gasteiger partial charge in [-0.05, 0) is 93.7 Å². The lowest BCUT2D eigenvalue weighted by atomic mass is 9.70.